The number of nitrogens with two attached hydrogens (primary N) is 1. The van der Waals surface area contributed by atoms with Crippen molar-refractivity contribution in [2.75, 3.05) is 12.0 Å². The van der Waals surface area contributed by atoms with Crippen molar-refractivity contribution < 1.29 is 8.42 Å². The van der Waals surface area contributed by atoms with Gasteiger partial charge in [0.25, 0.3) is 0 Å². The van der Waals surface area contributed by atoms with E-state index in [1.165, 1.54) is 6.26 Å². The highest BCUT2D eigenvalue weighted by Gasteiger charge is 2.29. The van der Waals surface area contributed by atoms with Gasteiger partial charge in [-0.15, -0.1) is 0 Å². The summed E-state index contributed by atoms with van der Waals surface area (Å²) in [5.74, 6) is 0. The molecule has 1 saturated carbocycles. The summed E-state index contributed by atoms with van der Waals surface area (Å²) >= 11 is 0. The Morgan fingerprint density at radius 2 is 2.25 bits per heavy atom. The van der Waals surface area contributed by atoms with E-state index in [2.05, 4.69) is 5.10 Å². The van der Waals surface area contributed by atoms with Crippen molar-refractivity contribution in [3.05, 3.63) is 12.4 Å². The second-order valence-electron chi connectivity index (χ2n) is 4.53. The zero-order valence-corrected chi connectivity index (χ0v) is 10.2. The summed E-state index contributed by atoms with van der Waals surface area (Å²) in [6.45, 7) is 0. The minimum atomic E-state index is -2.93. The summed E-state index contributed by atoms with van der Waals surface area (Å²) in [6.07, 6.45) is 8.03. The average Bonchev–Trinajstić information content (AvgIpc) is 2.64. The quantitative estimate of drug-likeness (QED) is 0.840. The highest BCUT2D eigenvalue weighted by atomic mass is 32.2. The average molecular weight is 243 g/mol. The molecule has 2 rings (SSSR count). The van der Waals surface area contributed by atoms with Crippen molar-refractivity contribution in [3.63, 3.8) is 0 Å². The number of hydrogen-bond donors (Lipinski definition) is 1. The van der Waals surface area contributed by atoms with Crippen LogP contribution < -0.4 is 5.73 Å². The van der Waals surface area contributed by atoms with E-state index in [0.717, 1.165) is 19.3 Å². The number of anilines is 1. The maximum atomic E-state index is 11.5. The van der Waals surface area contributed by atoms with Crippen molar-refractivity contribution in [2.45, 2.75) is 37.0 Å². The number of aromatic nitrogens is 2. The normalized spacial score (nSPS) is 26.8. The van der Waals surface area contributed by atoms with Crippen molar-refractivity contribution in [3.8, 4) is 0 Å². The molecule has 16 heavy (non-hydrogen) atoms. The Morgan fingerprint density at radius 3 is 2.81 bits per heavy atom. The molecular weight excluding hydrogens is 226 g/mol. The van der Waals surface area contributed by atoms with Gasteiger partial charge in [0.15, 0.2) is 0 Å². The number of nitrogen functional groups attached to an aromatic ring is 1. The third kappa shape index (κ3) is 2.37. The number of sulfone groups is 1. The van der Waals surface area contributed by atoms with E-state index >= 15 is 0 Å². The molecule has 2 unspecified atom stereocenters. The first-order valence-corrected chi connectivity index (χ1v) is 7.41. The first kappa shape index (κ1) is 11.4. The van der Waals surface area contributed by atoms with Gasteiger partial charge in [-0.1, -0.05) is 6.42 Å². The fraction of sp³-hybridized carbons (Fsp3) is 0.700. The first-order valence-electron chi connectivity index (χ1n) is 5.45. The molecule has 1 aliphatic rings. The van der Waals surface area contributed by atoms with E-state index in [0.29, 0.717) is 12.1 Å². The van der Waals surface area contributed by atoms with Crippen LogP contribution in [0.4, 0.5) is 5.69 Å². The molecule has 90 valence electrons. The molecule has 0 saturated heterocycles. The Bertz CT molecular complexity index is 466. The molecule has 1 fully saturated rings. The number of rotatable bonds is 2. The Labute approximate surface area is 95.6 Å². The highest BCUT2D eigenvalue weighted by Crippen LogP contribution is 2.31. The van der Waals surface area contributed by atoms with Gasteiger partial charge in [0.2, 0.25) is 0 Å². The summed E-state index contributed by atoms with van der Waals surface area (Å²) in [6, 6.07) is 0.172. The third-order valence-electron chi connectivity index (χ3n) is 3.20. The molecule has 1 aromatic rings. The van der Waals surface area contributed by atoms with Crippen LogP contribution in [0.3, 0.4) is 0 Å². The van der Waals surface area contributed by atoms with Crippen LogP contribution >= 0.6 is 0 Å². The predicted molar refractivity (Wildman–Crippen MR) is 62.8 cm³/mol. The van der Waals surface area contributed by atoms with Gasteiger partial charge >= 0.3 is 0 Å². The Kier molecular flexibility index (Phi) is 2.92. The topological polar surface area (TPSA) is 78.0 Å². The van der Waals surface area contributed by atoms with Crippen LogP contribution in [0.2, 0.25) is 0 Å². The SMILES string of the molecule is CS(=O)(=O)C1CCCC(n2cc(N)cn2)C1. The molecule has 2 N–H and O–H groups in total. The van der Waals surface area contributed by atoms with Crippen LogP contribution in [-0.2, 0) is 9.84 Å². The monoisotopic (exact) mass is 243 g/mol. The van der Waals surface area contributed by atoms with Gasteiger partial charge in [0, 0.05) is 12.5 Å². The largest absolute Gasteiger partial charge is 0.396 e. The summed E-state index contributed by atoms with van der Waals surface area (Å²) in [7, 11) is -2.93. The molecular formula is C10H17N3O2S. The summed E-state index contributed by atoms with van der Waals surface area (Å²) in [4.78, 5) is 0. The molecule has 1 aliphatic carbocycles. The van der Waals surface area contributed by atoms with Crippen molar-refractivity contribution >= 4 is 15.5 Å². The molecule has 1 heterocycles. The molecule has 0 aromatic carbocycles. The van der Waals surface area contributed by atoms with E-state index in [1.54, 1.807) is 17.1 Å². The Morgan fingerprint density at radius 1 is 1.50 bits per heavy atom. The minimum Gasteiger partial charge on any atom is -0.396 e. The van der Waals surface area contributed by atoms with E-state index in [-0.39, 0.29) is 11.3 Å². The predicted octanol–water partition coefficient (Wildman–Crippen LogP) is 0.994. The second kappa shape index (κ2) is 4.08. The van der Waals surface area contributed by atoms with E-state index in [1.807, 2.05) is 0 Å². The molecule has 5 nitrogen and oxygen atoms in total. The smallest absolute Gasteiger partial charge is 0.150 e. The zero-order chi connectivity index (χ0) is 11.8. The second-order valence-corrected chi connectivity index (χ2v) is 6.85. The van der Waals surface area contributed by atoms with Gasteiger partial charge in [-0.3, -0.25) is 4.68 Å². The lowest BCUT2D eigenvalue weighted by Crippen LogP contribution is -2.29. The standard InChI is InChI=1S/C10H17N3O2S/c1-16(14,15)10-4-2-3-9(5-10)13-7-8(11)6-12-13/h6-7,9-10H,2-5,11H2,1H3. The summed E-state index contributed by atoms with van der Waals surface area (Å²) in [5, 5.41) is 3.93. The van der Waals surface area contributed by atoms with Crippen LogP contribution in [0.5, 0.6) is 0 Å². The maximum Gasteiger partial charge on any atom is 0.150 e. The molecule has 0 bridgehead atoms. The van der Waals surface area contributed by atoms with Crippen LogP contribution in [0.15, 0.2) is 12.4 Å². The lowest BCUT2D eigenvalue weighted by Gasteiger charge is -2.28. The van der Waals surface area contributed by atoms with Gasteiger partial charge in [-0.2, -0.15) is 5.10 Å². The zero-order valence-electron chi connectivity index (χ0n) is 9.33. The number of hydrogen-bond acceptors (Lipinski definition) is 4. The lowest BCUT2D eigenvalue weighted by atomic mass is 9.95. The Balaban J connectivity index is 2.13. The number of nitrogens with zero attached hydrogens (tertiary/aromatic N) is 2. The van der Waals surface area contributed by atoms with E-state index in [4.69, 9.17) is 5.73 Å². The molecule has 1 aromatic heterocycles. The molecule has 6 heteroatoms. The lowest BCUT2D eigenvalue weighted by molar-refractivity contribution is 0.329. The van der Waals surface area contributed by atoms with E-state index < -0.39 is 9.84 Å². The highest BCUT2D eigenvalue weighted by molar-refractivity contribution is 7.91. The van der Waals surface area contributed by atoms with Crippen molar-refractivity contribution in [1.82, 2.24) is 9.78 Å². The summed E-state index contributed by atoms with van der Waals surface area (Å²) in [5.41, 5.74) is 6.23. The maximum absolute atomic E-state index is 11.5. The fourth-order valence-corrected chi connectivity index (χ4v) is 3.47. The van der Waals surface area contributed by atoms with Gasteiger partial charge < -0.3 is 5.73 Å². The van der Waals surface area contributed by atoms with Gasteiger partial charge in [-0.25, -0.2) is 8.42 Å². The molecule has 0 radical (unpaired) electrons. The summed E-state index contributed by atoms with van der Waals surface area (Å²) < 4.78 is 24.8. The first-order chi connectivity index (χ1) is 7.47. The molecule has 0 aliphatic heterocycles. The fourth-order valence-electron chi connectivity index (χ4n) is 2.30. The van der Waals surface area contributed by atoms with Gasteiger partial charge in [-0.05, 0) is 19.3 Å². The van der Waals surface area contributed by atoms with Crippen LogP contribution in [0.25, 0.3) is 0 Å². The van der Waals surface area contributed by atoms with Gasteiger partial charge in [0.1, 0.15) is 9.84 Å². The van der Waals surface area contributed by atoms with Crippen molar-refractivity contribution in [2.24, 2.45) is 0 Å². The molecule has 0 spiro atoms. The van der Waals surface area contributed by atoms with Crippen LogP contribution in [0, 0.1) is 0 Å². The minimum absolute atomic E-state index is 0.172. The van der Waals surface area contributed by atoms with Crippen LogP contribution in [0.1, 0.15) is 31.7 Å². The van der Waals surface area contributed by atoms with E-state index in [9.17, 15) is 8.42 Å². The third-order valence-corrected chi connectivity index (χ3v) is 4.84. The van der Waals surface area contributed by atoms with Crippen molar-refractivity contribution in [1.29, 1.82) is 0 Å². The molecule has 0 amide bonds. The Hall–Kier alpha value is -1.04. The van der Waals surface area contributed by atoms with Crippen LogP contribution in [-0.4, -0.2) is 29.7 Å². The molecule has 2 atom stereocenters. The van der Waals surface area contributed by atoms with Gasteiger partial charge in [0.05, 0.1) is 23.2 Å².